The number of hydrogen-bond acceptors (Lipinski definition) is 3. The van der Waals surface area contributed by atoms with E-state index in [4.69, 9.17) is 5.73 Å². The summed E-state index contributed by atoms with van der Waals surface area (Å²) in [7, 11) is -3.27. The highest BCUT2D eigenvalue weighted by atomic mass is 32.2. The molecule has 1 fully saturated rings. The fourth-order valence-electron chi connectivity index (χ4n) is 1.56. The fraction of sp³-hybridized carbons (Fsp3) is 1.00. The lowest BCUT2D eigenvalue weighted by atomic mass is 10.2. The third-order valence-corrected chi connectivity index (χ3v) is 3.95. The van der Waals surface area contributed by atoms with Gasteiger partial charge in [-0.3, -0.25) is 0 Å². The molecule has 6 heteroatoms. The van der Waals surface area contributed by atoms with Gasteiger partial charge in [0.2, 0.25) is 0 Å². The van der Waals surface area contributed by atoms with Gasteiger partial charge in [-0.2, -0.15) is 12.7 Å². The summed E-state index contributed by atoms with van der Waals surface area (Å²) in [4.78, 5) is 0. The molecule has 3 N–H and O–H groups in total. The van der Waals surface area contributed by atoms with Crippen molar-refractivity contribution in [3.8, 4) is 0 Å². The van der Waals surface area contributed by atoms with Crippen molar-refractivity contribution in [3.63, 3.8) is 0 Å². The Hall–Kier alpha value is -0.170. The summed E-state index contributed by atoms with van der Waals surface area (Å²) >= 11 is 0. The zero-order valence-corrected chi connectivity index (χ0v) is 9.22. The lowest BCUT2D eigenvalue weighted by molar-refractivity contribution is 0.415. The first-order chi connectivity index (χ1) is 6.67. The molecule has 0 amide bonds. The average molecular weight is 221 g/mol. The van der Waals surface area contributed by atoms with E-state index in [9.17, 15) is 8.42 Å². The zero-order valence-electron chi connectivity index (χ0n) is 8.41. The summed E-state index contributed by atoms with van der Waals surface area (Å²) in [6, 6.07) is 0. The van der Waals surface area contributed by atoms with Gasteiger partial charge in [0.05, 0.1) is 0 Å². The second kappa shape index (κ2) is 5.65. The Morgan fingerprint density at radius 1 is 1.14 bits per heavy atom. The molecule has 1 aliphatic rings. The van der Waals surface area contributed by atoms with Gasteiger partial charge in [0, 0.05) is 26.2 Å². The van der Waals surface area contributed by atoms with Gasteiger partial charge in [0.25, 0.3) is 10.2 Å². The van der Waals surface area contributed by atoms with E-state index in [1.165, 1.54) is 4.31 Å². The molecule has 14 heavy (non-hydrogen) atoms. The summed E-state index contributed by atoms with van der Waals surface area (Å²) in [5.41, 5.74) is 5.25. The maximum atomic E-state index is 11.7. The molecule has 5 nitrogen and oxygen atoms in total. The molecule has 1 heterocycles. The van der Waals surface area contributed by atoms with E-state index < -0.39 is 10.2 Å². The molecular weight excluding hydrogens is 202 g/mol. The Balaban J connectivity index is 2.51. The van der Waals surface area contributed by atoms with Gasteiger partial charge in [0.15, 0.2) is 0 Å². The van der Waals surface area contributed by atoms with Crippen LogP contribution in [0.15, 0.2) is 0 Å². The van der Waals surface area contributed by atoms with Crippen LogP contribution in [0.3, 0.4) is 0 Å². The molecule has 0 spiro atoms. The standard InChI is InChI=1S/C8H19N3O2S/c9-5-6-10-14(12,13)11-7-3-1-2-4-8-11/h10H,1-9H2. The molecule has 0 unspecified atom stereocenters. The molecule has 84 valence electrons. The third kappa shape index (κ3) is 3.53. The topological polar surface area (TPSA) is 75.4 Å². The van der Waals surface area contributed by atoms with Crippen LogP contribution in [0.25, 0.3) is 0 Å². The summed E-state index contributed by atoms with van der Waals surface area (Å²) in [6.45, 7) is 1.94. The van der Waals surface area contributed by atoms with E-state index in [2.05, 4.69) is 4.72 Å². The largest absolute Gasteiger partial charge is 0.329 e. The van der Waals surface area contributed by atoms with Crippen LogP contribution in [0.1, 0.15) is 25.7 Å². The predicted octanol–water partition coefficient (Wildman–Crippen LogP) is -0.345. The van der Waals surface area contributed by atoms with Crippen LogP contribution in [0.4, 0.5) is 0 Å². The van der Waals surface area contributed by atoms with Crippen LogP contribution in [-0.4, -0.2) is 38.9 Å². The first-order valence-corrected chi connectivity index (χ1v) is 6.55. The van der Waals surface area contributed by atoms with Crippen molar-refractivity contribution < 1.29 is 8.42 Å². The number of rotatable bonds is 4. The van der Waals surface area contributed by atoms with E-state index in [0.29, 0.717) is 26.2 Å². The van der Waals surface area contributed by atoms with E-state index in [-0.39, 0.29) is 0 Å². The minimum absolute atomic E-state index is 0.318. The Bertz CT molecular complexity index is 245. The van der Waals surface area contributed by atoms with Gasteiger partial charge >= 0.3 is 0 Å². The Labute approximate surface area is 85.8 Å². The molecule has 0 aromatic rings. The monoisotopic (exact) mass is 221 g/mol. The van der Waals surface area contributed by atoms with Crippen LogP contribution in [0.5, 0.6) is 0 Å². The molecule has 0 radical (unpaired) electrons. The second-order valence-corrected chi connectivity index (χ2v) is 5.26. The third-order valence-electron chi connectivity index (χ3n) is 2.33. The van der Waals surface area contributed by atoms with Crippen LogP contribution in [-0.2, 0) is 10.2 Å². The van der Waals surface area contributed by atoms with Crippen LogP contribution < -0.4 is 10.5 Å². The summed E-state index contributed by atoms with van der Waals surface area (Å²) < 4.78 is 27.3. The molecule has 0 bridgehead atoms. The highest BCUT2D eigenvalue weighted by Gasteiger charge is 2.21. The number of hydrogen-bond donors (Lipinski definition) is 2. The van der Waals surface area contributed by atoms with Gasteiger partial charge in [0.1, 0.15) is 0 Å². The smallest absolute Gasteiger partial charge is 0.279 e. The van der Waals surface area contributed by atoms with Crippen LogP contribution >= 0.6 is 0 Å². The molecule has 1 saturated heterocycles. The maximum Gasteiger partial charge on any atom is 0.279 e. The van der Waals surface area contributed by atoms with Crippen molar-refractivity contribution in [1.29, 1.82) is 0 Å². The van der Waals surface area contributed by atoms with E-state index in [0.717, 1.165) is 25.7 Å². The van der Waals surface area contributed by atoms with Gasteiger partial charge in [-0.25, -0.2) is 4.72 Å². The number of nitrogens with zero attached hydrogens (tertiary/aromatic N) is 1. The predicted molar refractivity (Wildman–Crippen MR) is 56.0 cm³/mol. The minimum atomic E-state index is -3.27. The van der Waals surface area contributed by atoms with Gasteiger partial charge in [-0.05, 0) is 12.8 Å². The SMILES string of the molecule is NCCNS(=O)(=O)N1CCCCCC1. The summed E-state index contributed by atoms with van der Waals surface area (Å²) in [6.07, 6.45) is 4.18. The summed E-state index contributed by atoms with van der Waals surface area (Å²) in [5.74, 6) is 0. The normalized spacial score (nSPS) is 20.6. The Morgan fingerprint density at radius 3 is 2.21 bits per heavy atom. The average Bonchev–Trinajstić information content (AvgIpc) is 2.43. The van der Waals surface area contributed by atoms with Crippen LogP contribution in [0.2, 0.25) is 0 Å². The summed E-state index contributed by atoms with van der Waals surface area (Å²) in [5, 5.41) is 0. The van der Waals surface area contributed by atoms with Gasteiger partial charge < -0.3 is 5.73 Å². The number of nitrogens with one attached hydrogen (secondary N) is 1. The highest BCUT2D eigenvalue weighted by molar-refractivity contribution is 7.87. The van der Waals surface area contributed by atoms with Crippen molar-refractivity contribution in [2.75, 3.05) is 26.2 Å². The Kier molecular flexibility index (Phi) is 4.80. The van der Waals surface area contributed by atoms with Gasteiger partial charge in [-0.15, -0.1) is 0 Å². The molecule has 1 aliphatic heterocycles. The van der Waals surface area contributed by atoms with Crippen molar-refractivity contribution >= 4 is 10.2 Å². The zero-order chi connectivity index (χ0) is 10.4. The van der Waals surface area contributed by atoms with E-state index in [1.807, 2.05) is 0 Å². The fourth-order valence-corrected chi connectivity index (χ4v) is 2.86. The lowest BCUT2D eigenvalue weighted by Crippen LogP contribution is -2.42. The van der Waals surface area contributed by atoms with Crippen molar-refractivity contribution in [3.05, 3.63) is 0 Å². The van der Waals surface area contributed by atoms with E-state index >= 15 is 0 Å². The molecule has 0 atom stereocenters. The highest BCUT2D eigenvalue weighted by Crippen LogP contribution is 2.11. The first kappa shape index (κ1) is 11.9. The van der Waals surface area contributed by atoms with Gasteiger partial charge in [-0.1, -0.05) is 12.8 Å². The molecule has 1 rings (SSSR count). The van der Waals surface area contributed by atoms with Crippen molar-refractivity contribution in [2.24, 2.45) is 5.73 Å². The van der Waals surface area contributed by atoms with Crippen LogP contribution in [0, 0.1) is 0 Å². The van der Waals surface area contributed by atoms with Crippen molar-refractivity contribution in [1.82, 2.24) is 9.03 Å². The molecule has 0 aliphatic carbocycles. The first-order valence-electron chi connectivity index (χ1n) is 5.11. The molecule has 0 saturated carbocycles. The maximum absolute atomic E-state index is 11.7. The van der Waals surface area contributed by atoms with E-state index in [1.54, 1.807) is 0 Å². The second-order valence-electron chi connectivity index (χ2n) is 3.50. The molecule has 0 aromatic heterocycles. The number of nitrogens with two attached hydrogens (primary N) is 1. The lowest BCUT2D eigenvalue weighted by Gasteiger charge is -2.19. The Morgan fingerprint density at radius 2 is 1.71 bits per heavy atom. The minimum Gasteiger partial charge on any atom is -0.329 e. The molecule has 0 aromatic carbocycles. The van der Waals surface area contributed by atoms with Crippen molar-refractivity contribution in [2.45, 2.75) is 25.7 Å². The quantitative estimate of drug-likeness (QED) is 0.681. The molecular formula is C8H19N3O2S.